The van der Waals surface area contributed by atoms with Crippen LogP contribution in [0.5, 0.6) is 0 Å². The first kappa shape index (κ1) is 15.2. The van der Waals surface area contributed by atoms with E-state index in [0.29, 0.717) is 0 Å². The van der Waals surface area contributed by atoms with Crippen molar-refractivity contribution in [1.82, 2.24) is 0 Å². The highest BCUT2D eigenvalue weighted by Crippen LogP contribution is 2.07. The van der Waals surface area contributed by atoms with E-state index in [1.807, 2.05) is 33.8 Å². The minimum Gasteiger partial charge on any atom is -0.478 e. The maximum absolute atomic E-state index is 10.5. The number of carboxylic acid groups (broad SMARTS) is 1. The summed E-state index contributed by atoms with van der Waals surface area (Å²) in [5.41, 5.74) is 1.25. The van der Waals surface area contributed by atoms with E-state index < -0.39 is 5.97 Å². The van der Waals surface area contributed by atoms with Gasteiger partial charge in [-0.1, -0.05) is 45.1 Å². The lowest BCUT2D eigenvalue weighted by Gasteiger charge is -1.97. The second-order valence-electron chi connectivity index (χ2n) is 2.33. The van der Waals surface area contributed by atoms with Crippen molar-refractivity contribution in [2.45, 2.75) is 34.1 Å². The Balaban J connectivity index is 0. The predicted octanol–water partition coefficient (Wildman–Crippen LogP) is 3.57. The van der Waals surface area contributed by atoms with Crippen LogP contribution in [-0.2, 0) is 4.79 Å². The molecule has 0 spiro atoms. The van der Waals surface area contributed by atoms with Gasteiger partial charge in [0, 0.05) is 0 Å². The lowest BCUT2D eigenvalue weighted by molar-refractivity contribution is -0.132. The third-order valence-electron chi connectivity index (χ3n) is 1.59. The second-order valence-corrected chi connectivity index (χ2v) is 2.33. The Morgan fingerprint density at radius 1 is 1.43 bits per heavy atom. The van der Waals surface area contributed by atoms with Gasteiger partial charge in [-0.15, -0.1) is 0 Å². The monoisotopic (exact) mass is 196 g/mol. The van der Waals surface area contributed by atoms with E-state index in [2.05, 4.69) is 6.58 Å². The number of carboxylic acids is 1. The van der Waals surface area contributed by atoms with Gasteiger partial charge < -0.3 is 5.11 Å². The molecule has 14 heavy (non-hydrogen) atoms. The molecule has 0 rings (SSSR count). The van der Waals surface area contributed by atoms with Crippen LogP contribution in [0.25, 0.3) is 0 Å². The first-order valence-electron chi connectivity index (χ1n) is 4.88. The molecule has 0 aromatic rings. The van der Waals surface area contributed by atoms with E-state index in [0.717, 1.165) is 12.0 Å². The molecule has 0 amide bonds. The van der Waals surface area contributed by atoms with Crippen molar-refractivity contribution in [2.24, 2.45) is 0 Å². The van der Waals surface area contributed by atoms with Crippen molar-refractivity contribution in [3.63, 3.8) is 0 Å². The van der Waals surface area contributed by atoms with Crippen LogP contribution in [0.2, 0.25) is 0 Å². The van der Waals surface area contributed by atoms with Gasteiger partial charge in [-0.2, -0.15) is 0 Å². The Morgan fingerprint density at radius 2 is 1.93 bits per heavy atom. The third-order valence-corrected chi connectivity index (χ3v) is 1.59. The molecule has 0 bridgehead atoms. The van der Waals surface area contributed by atoms with Crippen LogP contribution in [0.4, 0.5) is 0 Å². The van der Waals surface area contributed by atoms with E-state index in [1.54, 1.807) is 6.08 Å². The van der Waals surface area contributed by atoms with Gasteiger partial charge in [-0.05, 0) is 19.4 Å². The number of hydrogen-bond acceptors (Lipinski definition) is 1. The zero-order valence-electron chi connectivity index (χ0n) is 9.50. The predicted molar refractivity (Wildman–Crippen MR) is 61.3 cm³/mol. The highest BCUT2D eigenvalue weighted by molar-refractivity contribution is 5.90. The zero-order valence-corrected chi connectivity index (χ0v) is 9.50. The van der Waals surface area contributed by atoms with Crippen LogP contribution in [0.3, 0.4) is 0 Å². The largest absolute Gasteiger partial charge is 0.478 e. The molecule has 2 heteroatoms. The average Bonchev–Trinajstić information content (AvgIpc) is 2.22. The van der Waals surface area contributed by atoms with Gasteiger partial charge in [-0.25, -0.2) is 4.79 Å². The number of carbonyl (C=O) groups is 1. The fourth-order valence-corrected chi connectivity index (χ4v) is 0.797. The fraction of sp³-hybridized carbons (Fsp3) is 0.417. The fourth-order valence-electron chi connectivity index (χ4n) is 0.797. The third kappa shape index (κ3) is 6.23. The minimum absolute atomic E-state index is 0.241. The molecule has 0 radical (unpaired) electrons. The molecule has 0 heterocycles. The summed E-state index contributed by atoms with van der Waals surface area (Å²) in [6, 6.07) is 0. The quantitative estimate of drug-likeness (QED) is 0.551. The number of aliphatic carboxylic acids is 1. The lowest BCUT2D eigenvalue weighted by atomic mass is 10.1. The topological polar surface area (TPSA) is 37.3 Å². The van der Waals surface area contributed by atoms with Crippen LogP contribution >= 0.6 is 0 Å². The van der Waals surface area contributed by atoms with Gasteiger partial charge in [-0.3, -0.25) is 0 Å². The highest BCUT2D eigenvalue weighted by atomic mass is 16.4. The zero-order chi connectivity index (χ0) is 11.6. The molecule has 0 aliphatic rings. The van der Waals surface area contributed by atoms with Gasteiger partial charge in [0.15, 0.2) is 0 Å². The van der Waals surface area contributed by atoms with Crippen molar-refractivity contribution in [1.29, 1.82) is 0 Å². The van der Waals surface area contributed by atoms with Crippen molar-refractivity contribution >= 4 is 5.97 Å². The molecular weight excluding hydrogens is 176 g/mol. The molecule has 0 unspecified atom stereocenters. The van der Waals surface area contributed by atoms with Gasteiger partial charge >= 0.3 is 5.97 Å². The summed E-state index contributed by atoms with van der Waals surface area (Å²) in [5, 5.41) is 8.65. The van der Waals surface area contributed by atoms with E-state index in [4.69, 9.17) is 5.11 Å². The van der Waals surface area contributed by atoms with Crippen molar-refractivity contribution in [3.8, 4) is 0 Å². The van der Waals surface area contributed by atoms with Gasteiger partial charge in [0.25, 0.3) is 0 Å². The maximum Gasteiger partial charge on any atom is 0.335 e. The summed E-state index contributed by atoms with van der Waals surface area (Å²) < 4.78 is 0. The molecular formula is C12H20O2. The molecule has 80 valence electrons. The first-order valence-corrected chi connectivity index (χ1v) is 4.88. The molecule has 1 N–H and O–H groups in total. The van der Waals surface area contributed by atoms with Gasteiger partial charge in [0.05, 0.1) is 5.57 Å². The molecule has 2 nitrogen and oxygen atoms in total. The molecule has 0 aromatic carbocycles. The Hall–Kier alpha value is -1.31. The SMILES string of the molecule is C=C/C(=C\C(=C/C)CC)C(=O)O.CC. The van der Waals surface area contributed by atoms with Crippen LogP contribution in [0.1, 0.15) is 34.1 Å². The van der Waals surface area contributed by atoms with E-state index in [1.165, 1.54) is 6.08 Å². The molecule has 0 atom stereocenters. The van der Waals surface area contributed by atoms with Crippen molar-refractivity contribution in [3.05, 3.63) is 36.0 Å². The van der Waals surface area contributed by atoms with Crippen LogP contribution in [-0.4, -0.2) is 11.1 Å². The summed E-state index contributed by atoms with van der Waals surface area (Å²) in [6.45, 7) is 11.3. The summed E-state index contributed by atoms with van der Waals surface area (Å²) >= 11 is 0. The number of rotatable bonds is 4. The van der Waals surface area contributed by atoms with Crippen molar-refractivity contribution < 1.29 is 9.90 Å². The Bertz CT molecular complexity index is 235. The Morgan fingerprint density at radius 3 is 2.14 bits per heavy atom. The molecule has 0 aliphatic carbocycles. The molecule has 0 saturated heterocycles. The Labute approximate surface area is 86.6 Å². The van der Waals surface area contributed by atoms with E-state index >= 15 is 0 Å². The van der Waals surface area contributed by atoms with Crippen LogP contribution in [0.15, 0.2) is 36.0 Å². The van der Waals surface area contributed by atoms with Gasteiger partial charge in [0.2, 0.25) is 0 Å². The first-order chi connectivity index (χ1) is 6.65. The summed E-state index contributed by atoms with van der Waals surface area (Å²) in [7, 11) is 0. The minimum atomic E-state index is -0.933. The normalized spacial score (nSPS) is 11.4. The smallest absolute Gasteiger partial charge is 0.335 e. The van der Waals surface area contributed by atoms with Crippen LogP contribution in [0, 0.1) is 0 Å². The molecule has 0 fully saturated rings. The van der Waals surface area contributed by atoms with E-state index in [-0.39, 0.29) is 5.57 Å². The average molecular weight is 196 g/mol. The second kappa shape index (κ2) is 9.78. The molecule has 0 aliphatic heterocycles. The maximum atomic E-state index is 10.5. The molecule has 0 aromatic heterocycles. The summed E-state index contributed by atoms with van der Waals surface area (Å²) in [4.78, 5) is 10.5. The van der Waals surface area contributed by atoms with Gasteiger partial charge in [0.1, 0.15) is 0 Å². The standard InChI is InChI=1S/C10H14O2.C2H6/c1-4-8(5-2)7-9(6-3)10(11)12;1-2/h4,6-7H,3,5H2,1-2H3,(H,11,12);1-2H3/b8-4-,9-7+;. The van der Waals surface area contributed by atoms with E-state index in [9.17, 15) is 4.79 Å². The highest BCUT2D eigenvalue weighted by Gasteiger charge is 2.01. The lowest BCUT2D eigenvalue weighted by Crippen LogP contribution is -1.97. The van der Waals surface area contributed by atoms with Crippen LogP contribution < -0.4 is 0 Å². The summed E-state index contributed by atoms with van der Waals surface area (Å²) in [5.74, 6) is -0.933. The summed E-state index contributed by atoms with van der Waals surface area (Å²) in [6.07, 6.45) is 5.71. The van der Waals surface area contributed by atoms with Crippen molar-refractivity contribution in [2.75, 3.05) is 0 Å². The molecule has 0 saturated carbocycles. The Kier molecular flexibility index (Phi) is 10.6. The number of allylic oxidation sites excluding steroid dienone is 3. The number of hydrogen-bond donors (Lipinski definition) is 1.